The van der Waals surface area contributed by atoms with Crippen molar-refractivity contribution in [2.45, 2.75) is 33.4 Å². The molecule has 0 aliphatic heterocycles. The Morgan fingerprint density at radius 2 is 2.00 bits per heavy atom. The molecule has 0 spiro atoms. The minimum atomic E-state index is 0. The van der Waals surface area contributed by atoms with Crippen LogP contribution in [0.15, 0.2) is 41.5 Å². The van der Waals surface area contributed by atoms with E-state index in [1.807, 2.05) is 57.4 Å². The number of thiazole rings is 1. The van der Waals surface area contributed by atoms with Crippen LogP contribution in [0.1, 0.15) is 28.8 Å². The van der Waals surface area contributed by atoms with Gasteiger partial charge < -0.3 is 15.5 Å². The summed E-state index contributed by atoms with van der Waals surface area (Å²) in [5, 5.41) is 7.39. The summed E-state index contributed by atoms with van der Waals surface area (Å²) >= 11 is 1.65. The van der Waals surface area contributed by atoms with Crippen molar-refractivity contribution >= 4 is 47.2 Å². The van der Waals surface area contributed by atoms with Crippen LogP contribution in [0.3, 0.4) is 0 Å². The van der Waals surface area contributed by atoms with Crippen LogP contribution in [0.2, 0.25) is 0 Å². The van der Waals surface area contributed by atoms with Crippen molar-refractivity contribution in [3.8, 4) is 0 Å². The second-order valence-corrected chi connectivity index (χ2v) is 7.29. The van der Waals surface area contributed by atoms with Gasteiger partial charge in [0.25, 0.3) is 0 Å². The quantitative estimate of drug-likeness (QED) is 0.331. The SMILES string of the molecule is CCNC(=NCc1ncc(C)s1)NCCC(=O)N(C)Cc1ccccc1.I. The molecule has 0 saturated heterocycles. The average Bonchev–Trinajstić information content (AvgIpc) is 3.05. The van der Waals surface area contributed by atoms with Crippen molar-refractivity contribution in [3.05, 3.63) is 52.0 Å². The first-order chi connectivity index (χ1) is 12.6. The maximum atomic E-state index is 12.3. The van der Waals surface area contributed by atoms with Crippen LogP contribution in [-0.2, 0) is 17.9 Å². The summed E-state index contributed by atoms with van der Waals surface area (Å²) in [6.45, 7) is 6.52. The normalized spacial score (nSPS) is 10.9. The van der Waals surface area contributed by atoms with E-state index < -0.39 is 0 Å². The molecule has 0 unspecified atom stereocenters. The highest BCUT2D eigenvalue weighted by Gasteiger charge is 2.09. The van der Waals surface area contributed by atoms with Crippen LogP contribution in [0.25, 0.3) is 0 Å². The Morgan fingerprint density at radius 1 is 1.26 bits per heavy atom. The fourth-order valence-corrected chi connectivity index (χ4v) is 3.10. The molecular formula is C19H28IN5OS. The molecule has 1 aromatic heterocycles. The first kappa shape index (κ1) is 23.4. The maximum Gasteiger partial charge on any atom is 0.224 e. The number of carbonyl (C=O) groups is 1. The van der Waals surface area contributed by atoms with Gasteiger partial charge in [-0.05, 0) is 19.4 Å². The van der Waals surface area contributed by atoms with Gasteiger partial charge in [0.2, 0.25) is 5.91 Å². The van der Waals surface area contributed by atoms with Crippen LogP contribution in [-0.4, -0.2) is 41.9 Å². The third-order valence-corrected chi connectivity index (χ3v) is 4.60. The van der Waals surface area contributed by atoms with Gasteiger partial charge in [-0.2, -0.15) is 0 Å². The van der Waals surface area contributed by atoms with Gasteiger partial charge in [0.05, 0.1) is 6.54 Å². The summed E-state index contributed by atoms with van der Waals surface area (Å²) in [5.41, 5.74) is 1.13. The van der Waals surface area contributed by atoms with Gasteiger partial charge in [-0.25, -0.2) is 9.98 Å². The smallest absolute Gasteiger partial charge is 0.224 e. The van der Waals surface area contributed by atoms with Gasteiger partial charge in [0.1, 0.15) is 5.01 Å². The molecule has 0 radical (unpaired) electrons. The number of hydrogen-bond donors (Lipinski definition) is 2. The molecule has 2 rings (SSSR count). The number of aliphatic imine (C=N–C) groups is 1. The van der Waals surface area contributed by atoms with Crippen LogP contribution in [0, 0.1) is 6.92 Å². The van der Waals surface area contributed by atoms with Gasteiger partial charge in [-0.15, -0.1) is 35.3 Å². The van der Waals surface area contributed by atoms with Crippen LogP contribution >= 0.6 is 35.3 Å². The van der Waals surface area contributed by atoms with E-state index in [0.29, 0.717) is 32.0 Å². The Labute approximate surface area is 182 Å². The third-order valence-electron chi connectivity index (χ3n) is 3.71. The summed E-state index contributed by atoms with van der Waals surface area (Å²) in [5.74, 6) is 0.812. The number of halogens is 1. The van der Waals surface area contributed by atoms with Crippen molar-refractivity contribution < 1.29 is 4.79 Å². The van der Waals surface area contributed by atoms with E-state index in [2.05, 4.69) is 20.6 Å². The topological polar surface area (TPSA) is 69.6 Å². The second-order valence-electron chi connectivity index (χ2n) is 5.97. The molecule has 6 nitrogen and oxygen atoms in total. The molecule has 148 valence electrons. The molecule has 8 heteroatoms. The molecule has 1 heterocycles. The average molecular weight is 501 g/mol. The molecule has 0 aliphatic carbocycles. The Balaban J connectivity index is 0.00000364. The van der Waals surface area contributed by atoms with Crippen LogP contribution in [0.4, 0.5) is 0 Å². The van der Waals surface area contributed by atoms with E-state index in [-0.39, 0.29) is 29.9 Å². The van der Waals surface area contributed by atoms with E-state index in [9.17, 15) is 4.79 Å². The number of amides is 1. The lowest BCUT2D eigenvalue weighted by Gasteiger charge is -2.18. The van der Waals surface area contributed by atoms with E-state index in [4.69, 9.17) is 0 Å². The minimum absolute atomic E-state index is 0. The van der Waals surface area contributed by atoms with E-state index in [1.165, 1.54) is 4.88 Å². The highest BCUT2D eigenvalue weighted by atomic mass is 127. The number of guanidine groups is 1. The monoisotopic (exact) mass is 501 g/mol. The Bertz CT molecular complexity index is 720. The number of aryl methyl sites for hydroxylation is 1. The number of rotatable bonds is 8. The van der Waals surface area contributed by atoms with Gasteiger partial charge in [0, 0.05) is 44.2 Å². The highest BCUT2D eigenvalue weighted by molar-refractivity contribution is 14.0. The molecule has 0 fully saturated rings. The molecule has 0 bridgehead atoms. The number of nitrogens with zero attached hydrogens (tertiary/aromatic N) is 3. The summed E-state index contributed by atoms with van der Waals surface area (Å²) in [6, 6.07) is 10.00. The predicted octanol–water partition coefficient (Wildman–Crippen LogP) is 3.17. The zero-order chi connectivity index (χ0) is 18.8. The van der Waals surface area contributed by atoms with Crippen LogP contribution in [0.5, 0.6) is 0 Å². The first-order valence-corrected chi connectivity index (χ1v) is 9.61. The number of carbonyl (C=O) groups excluding carboxylic acids is 1. The lowest BCUT2D eigenvalue weighted by atomic mass is 10.2. The molecule has 2 aromatic rings. The molecule has 0 atom stereocenters. The maximum absolute atomic E-state index is 12.3. The lowest BCUT2D eigenvalue weighted by molar-refractivity contribution is -0.130. The number of hydrogen-bond acceptors (Lipinski definition) is 4. The summed E-state index contributed by atoms with van der Waals surface area (Å²) in [4.78, 5) is 24.1. The Hall–Kier alpha value is -1.68. The van der Waals surface area contributed by atoms with E-state index in [0.717, 1.165) is 17.1 Å². The zero-order valence-electron chi connectivity index (χ0n) is 16.1. The third kappa shape index (κ3) is 8.70. The van der Waals surface area contributed by atoms with Crippen molar-refractivity contribution in [2.24, 2.45) is 4.99 Å². The highest BCUT2D eigenvalue weighted by Crippen LogP contribution is 2.11. The van der Waals surface area contributed by atoms with E-state index >= 15 is 0 Å². The molecule has 1 amide bonds. The van der Waals surface area contributed by atoms with Crippen molar-refractivity contribution in [1.82, 2.24) is 20.5 Å². The summed E-state index contributed by atoms with van der Waals surface area (Å²) in [6.07, 6.45) is 2.28. The molecule has 1 aromatic carbocycles. The minimum Gasteiger partial charge on any atom is -0.357 e. The summed E-state index contributed by atoms with van der Waals surface area (Å²) in [7, 11) is 1.83. The number of aromatic nitrogens is 1. The lowest BCUT2D eigenvalue weighted by Crippen LogP contribution is -2.39. The molecule has 0 aliphatic rings. The van der Waals surface area contributed by atoms with Gasteiger partial charge in [-0.1, -0.05) is 30.3 Å². The first-order valence-electron chi connectivity index (χ1n) is 8.80. The van der Waals surface area contributed by atoms with Crippen molar-refractivity contribution in [2.75, 3.05) is 20.1 Å². The second kappa shape index (κ2) is 12.7. The van der Waals surface area contributed by atoms with Gasteiger partial charge in [-0.3, -0.25) is 4.79 Å². The zero-order valence-corrected chi connectivity index (χ0v) is 19.2. The largest absolute Gasteiger partial charge is 0.357 e. The molecule has 2 N–H and O–H groups in total. The van der Waals surface area contributed by atoms with Gasteiger partial charge in [0.15, 0.2) is 5.96 Å². The summed E-state index contributed by atoms with van der Waals surface area (Å²) < 4.78 is 0. The Kier molecular flexibility index (Phi) is 11.0. The van der Waals surface area contributed by atoms with Crippen LogP contribution < -0.4 is 10.6 Å². The molecular weight excluding hydrogens is 473 g/mol. The predicted molar refractivity (Wildman–Crippen MR) is 123 cm³/mol. The fourth-order valence-electron chi connectivity index (χ4n) is 2.39. The van der Waals surface area contributed by atoms with E-state index in [1.54, 1.807) is 16.2 Å². The van der Waals surface area contributed by atoms with Gasteiger partial charge >= 0.3 is 0 Å². The van der Waals surface area contributed by atoms with Crippen molar-refractivity contribution in [3.63, 3.8) is 0 Å². The van der Waals surface area contributed by atoms with Crippen molar-refractivity contribution in [1.29, 1.82) is 0 Å². The molecule has 0 saturated carbocycles. The molecule has 27 heavy (non-hydrogen) atoms. The number of nitrogens with one attached hydrogen (secondary N) is 2. The fraction of sp³-hybridized carbons (Fsp3) is 0.421. The number of benzene rings is 1. The Morgan fingerprint density at radius 3 is 2.63 bits per heavy atom. The standard InChI is InChI=1S/C19H27N5OS.HI/c1-4-20-19(23-13-17-22-12-15(2)26-17)21-11-10-18(25)24(3)14-16-8-6-5-7-9-16;/h5-9,12H,4,10-11,13-14H2,1-3H3,(H2,20,21,23);1H.